The monoisotopic (exact) mass is 304 g/mol. The molecule has 0 N–H and O–H groups in total. The van der Waals surface area contributed by atoms with Crippen LogP contribution in [0.1, 0.15) is 12.5 Å². The summed E-state index contributed by atoms with van der Waals surface area (Å²) in [7, 11) is 0. The zero-order chi connectivity index (χ0) is 15.0. The summed E-state index contributed by atoms with van der Waals surface area (Å²) in [6.45, 7) is 2.86. The first kappa shape index (κ1) is 13.9. The second kappa shape index (κ2) is 5.37. The fourth-order valence-corrected chi connectivity index (χ4v) is 2.78. The summed E-state index contributed by atoms with van der Waals surface area (Å²) in [6, 6.07) is 11.9. The van der Waals surface area contributed by atoms with E-state index in [0.29, 0.717) is 18.1 Å². The molecule has 0 aliphatic carbocycles. The van der Waals surface area contributed by atoms with E-state index >= 15 is 0 Å². The van der Waals surface area contributed by atoms with Crippen LogP contribution in [0.2, 0.25) is 5.02 Å². The molecule has 0 spiro atoms. The summed E-state index contributed by atoms with van der Waals surface area (Å²) in [5.74, 6) is -0.382. The van der Waals surface area contributed by atoms with Crippen LogP contribution in [0.25, 0.3) is 11.0 Å². The number of halogens is 2. The maximum absolute atomic E-state index is 13.1. The Balaban J connectivity index is 2.17. The number of para-hydroxylation sites is 2. The maximum Gasteiger partial charge on any atom is 0.329 e. The predicted molar refractivity (Wildman–Crippen MR) is 82.4 cm³/mol. The average molecular weight is 305 g/mol. The van der Waals surface area contributed by atoms with Gasteiger partial charge in [-0.3, -0.25) is 9.13 Å². The van der Waals surface area contributed by atoms with Gasteiger partial charge < -0.3 is 0 Å². The van der Waals surface area contributed by atoms with Crippen molar-refractivity contribution in [2.45, 2.75) is 20.0 Å². The van der Waals surface area contributed by atoms with E-state index in [-0.39, 0.29) is 11.5 Å². The van der Waals surface area contributed by atoms with Gasteiger partial charge >= 0.3 is 5.69 Å². The number of fused-ring (bicyclic) bond motifs is 1. The largest absolute Gasteiger partial charge is 0.329 e. The number of aromatic nitrogens is 2. The molecule has 0 atom stereocenters. The molecule has 0 saturated heterocycles. The van der Waals surface area contributed by atoms with Gasteiger partial charge in [-0.1, -0.05) is 29.8 Å². The molecule has 0 amide bonds. The lowest BCUT2D eigenvalue weighted by Gasteiger charge is -2.06. The maximum atomic E-state index is 13.1. The fraction of sp³-hybridized carbons (Fsp3) is 0.188. The van der Waals surface area contributed by atoms with Gasteiger partial charge in [0.25, 0.3) is 0 Å². The van der Waals surface area contributed by atoms with E-state index in [9.17, 15) is 9.18 Å². The molecule has 2 aromatic carbocycles. The SMILES string of the molecule is CCn1c(=O)n(Cc2ccc(F)cc2Cl)c2ccccc21. The number of imidazole rings is 1. The van der Waals surface area contributed by atoms with Crippen LogP contribution in [0, 0.1) is 5.82 Å². The Labute approximate surface area is 126 Å². The Morgan fingerprint density at radius 3 is 2.38 bits per heavy atom. The fourth-order valence-electron chi connectivity index (χ4n) is 2.55. The lowest BCUT2D eigenvalue weighted by Crippen LogP contribution is -2.24. The highest BCUT2D eigenvalue weighted by molar-refractivity contribution is 6.31. The minimum Gasteiger partial charge on any atom is -0.292 e. The second-order valence-corrected chi connectivity index (χ2v) is 5.24. The Hall–Kier alpha value is -2.07. The zero-order valence-electron chi connectivity index (χ0n) is 11.5. The third-order valence-corrected chi connectivity index (χ3v) is 3.94. The van der Waals surface area contributed by atoms with E-state index < -0.39 is 0 Å². The van der Waals surface area contributed by atoms with Crippen molar-refractivity contribution in [2.24, 2.45) is 0 Å². The Morgan fingerprint density at radius 2 is 1.76 bits per heavy atom. The van der Waals surface area contributed by atoms with E-state index in [2.05, 4.69) is 0 Å². The minimum atomic E-state index is -0.382. The van der Waals surface area contributed by atoms with E-state index in [1.54, 1.807) is 15.2 Å². The smallest absolute Gasteiger partial charge is 0.292 e. The third kappa shape index (κ3) is 2.36. The molecular weight excluding hydrogens is 291 g/mol. The average Bonchev–Trinajstić information content (AvgIpc) is 2.74. The van der Waals surface area contributed by atoms with Crippen molar-refractivity contribution in [1.82, 2.24) is 9.13 Å². The van der Waals surface area contributed by atoms with Crippen LogP contribution >= 0.6 is 11.6 Å². The van der Waals surface area contributed by atoms with Crippen LogP contribution in [-0.2, 0) is 13.1 Å². The molecule has 0 bridgehead atoms. The van der Waals surface area contributed by atoms with Crippen LogP contribution in [0.5, 0.6) is 0 Å². The predicted octanol–water partition coefficient (Wildman–Crippen LogP) is 3.66. The number of benzene rings is 2. The normalized spacial score (nSPS) is 11.2. The third-order valence-electron chi connectivity index (χ3n) is 3.58. The van der Waals surface area contributed by atoms with E-state index in [1.807, 2.05) is 31.2 Å². The van der Waals surface area contributed by atoms with Gasteiger partial charge in [0.1, 0.15) is 5.82 Å². The molecule has 3 nitrogen and oxygen atoms in total. The van der Waals surface area contributed by atoms with Crippen molar-refractivity contribution in [1.29, 1.82) is 0 Å². The number of rotatable bonds is 3. The standard InChI is InChI=1S/C16H14ClFN2O/c1-2-19-14-5-3-4-6-15(14)20(16(19)21)10-11-7-8-12(18)9-13(11)17/h3-9H,2,10H2,1H3. The quantitative estimate of drug-likeness (QED) is 0.725. The topological polar surface area (TPSA) is 26.9 Å². The van der Waals surface area contributed by atoms with Gasteiger partial charge in [0, 0.05) is 11.6 Å². The number of nitrogens with zero attached hydrogens (tertiary/aromatic N) is 2. The Bertz CT molecular complexity index is 866. The molecular formula is C16H14ClFN2O. The summed E-state index contributed by atoms with van der Waals surface area (Å²) >= 11 is 6.06. The first-order chi connectivity index (χ1) is 10.1. The molecule has 1 aromatic heterocycles. The molecule has 108 valence electrons. The van der Waals surface area contributed by atoms with Gasteiger partial charge in [-0.05, 0) is 36.8 Å². The summed E-state index contributed by atoms with van der Waals surface area (Å²) in [4.78, 5) is 12.5. The van der Waals surface area contributed by atoms with Crippen LogP contribution in [0.4, 0.5) is 4.39 Å². The van der Waals surface area contributed by atoms with Crippen molar-refractivity contribution in [3.05, 3.63) is 69.4 Å². The van der Waals surface area contributed by atoms with Crippen molar-refractivity contribution in [3.8, 4) is 0 Å². The highest BCUT2D eigenvalue weighted by Gasteiger charge is 2.13. The number of hydrogen-bond acceptors (Lipinski definition) is 1. The number of aryl methyl sites for hydroxylation is 1. The molecule has 3 aromatic rings. The summed E-state index contributed by atoms with van der Waals surface area (Å²) in [5, 5.41) is 0.329. The van der Waals surface area contributed by atoms with E-state index in [0.717, 1.165) is 16.6 Å². The van der Waals surface area contributed by atoms with Gasteiger partial charge in [-0.25, -0.2) is 9.18 Å². The Kier molecular flexibility index (Phi) is 3.55. The van der Waals surface area contributed by atoms with Crippen molar-refractivity contribution in [3.63, 3.8) is 0 Å². The van der Waals surface area contributed by atoms with Crippen molar-refractivity contribution < 1.29 is 4.39 Å². The van der Waals surface area contributed by atoms with Gasteiger partial charge in [-0.15, -0.1) is 0 Å². The van der Waals surface area contributed by atoms with Gasteiger partial charge in [0.05, 0.1) is 17.6 Å². The van der Waals surface area contributed by atoms with Crippen LogP contribution in [0.3, 0.4) is 0 Å². The highest BCUT2D eigenvalue weighted by Crippen LogP contribution is 2.20. The summed E-state index contributed by atoms with van der Waals surface area (Å²) in [6.07, 6.45) is 0. The first-order valence-electron chi connectivity index (χ1n) is 6.74. The molecule has 0 aliphatic rings. The minimum absolute atomic E-state index is 0.0842. The number of hydrogen-bond donors (Lipinski definition) is 0. The summed E-state index contributed by atoms with van der Waals surface area (Å²) < 4.78 is 16.5. The van der Waals surface area contributed by atoms with E-state index in [1.165, 1.54) is 12.1 Å². The highest BCUT2D eigenvalue weighted by atomic mass is 35.5. The lowest BCUT2D eigenvalue weighted by molar-refractivity contribution is 0.625. The van der Waals surface area contributed by atoms with Crippen molar-refractivity contribution >= 4 is 22.6 Å². The zero-order valence-corrected chi connectivity index (χ0v) is 12.3. The molecule has 3 rings (SSSR count). The molecule has 0 fully saturated rings. The molecule has 0 saturated carbocycles. The molecule has 0 aliphatic heterocycles. The van der Waals surface area contributed by atoms with Gasteiger partial charge in [-0.2, -0.15) is 0 Å². The Morgan fingerprint density at radius 1 is 1.10 bits per heavy atom. The van der Waals surface area contributed by atoms with Gasteiger partial charge in [0.15, 0.2) is 0 Å². The molecule has 0 unspecified atom stereocenters. The van der Waals surface area contributed by atoms with E-state index in [4.69, 9.17) is 11.6 Å². The lowest BCUT2D eigenvalue weighted by atomic mass is 10.2. The molecule has 1 heterocycles. The summed E-state index contributed by atoms with van der Waals surface area (Å²) in [5.41, 5.74) is 2.38. The van der Waals surface area contributed by atoms with Crippen LogP contribution in [-0.4, -0.2) is 9.13 Å². The molecule has 0 radical (unpaired) electrons. The molecule has 21 heavy (non-hydrogen) atoms. The molecule has 5 heteroatoms. The van der Waals surface area contributed by atoms with Crippen LogP contribution in [0.15, 0.2) is 47.3 Å². The second-order valence-electron chi connectivity index (χ2n) is 4.84. The first-order valence-corrected chi connectivity index (χ1v) is 7.11. The van der Waals surface area contributed by atoms with Crippen molar-refractivity contribution in [2.75, 3.05) is 0 Å². The van der Waals surface area contributed by atoms with Crippen LogP contribution < -0.4 is 5.69 Å². The van der Waals surface area contributed by atoms with Gasteiger partial charge in [0.2, 0.25) is 0 Å².